The van der Waals surface area contributed by atoms with Crippen LogP contribution in [0.25, 0.3) is 34.4 Å². The molecule has 53 heavy (non-hydrogen) atoms. The van der Waals surface area contributed by atoms with Crippen molar-refractivity contribution in [3.8, 4) is 22.3 Å². The molecular formula is C50H60Cl2Zr. The van der Waals surface area contributed by atoms with E-state index in [-0.39, 0.29) is 35.6 Å². The van der Waals surface area contributed by atoms with Crippen molar-refractivity contribution >= 4 is 12.2 Å². The first-order chi connectivity index (χ1) is 24.2. The quantitative estimate of drug-likeness (QED) is 0.182. The summed E-state index contributed by atoms with van der Waals surface area (Å²) in [6.07, 6.45) is 11.2. The third-order valence-electron chi connectivity index (χ3n) is 13.6. The summed E-state index contributed by atoms with van der Waals surface area (Å²) in [5.74, 6) is 1.09. The molecule has 0 N–H and O–H groups in total. The molecule has 3 aliphatic carbocycles. The van der Waals surface area contributed by atoms with Gasteiger partial charge in [0.15, 0.2) is 0 Å². The second-order valence-electron chi connectivity index (χ2n) is 19.2. The molecule has 0 aromatic heterocycles. The molecule has 0 radical (unpaired) electrons. The van der Waals surface area contributed by atoms with Crippen molar-refractivity contribution in [1.82, 2.24) is 0 Å². The van der Waals surface area contributed by atoms with E-state index in [1.807, 2.05) is 0 Å². The molecule has 4 aliphatic rings. The minimum absolute atomic E-state index is 0. The van der Waals surface area contributed by atoms with Gasteiger partial charge in [0.25, 0.3) is 0 Å². The first-order valence-corrected chi connectivity index (χ1v) is 25.8. The maximum Gasteiger partial charge on any atom is -1.00 e. The van der Waals surface area contributed by atoms with Gasteiger partial charge in [0.1, 0.15) is 0 Å². The summed E-state index contributed by atoms with van der Waals surface area (Å²) in [5.41, 5.74) is 18.6. The molecule has 0 amide bonds. The molecule has 3 heteroatoms. The predicted molar refractivity (Wildman–Crippen MR) is 218 cm³/mol. The van der Waals surface area contributed by atoms with Crippen LogP contribution in [-0.4, -0.2) is 0 Å². The SMILES string of the molecule is CC(C)c1ccc(-c2cccc3c2C=C(C(C)(C)C)[CH]3[Zr+2]2([CH]3C(C(C)(C)C)=Cc4c(-c5ccc(C(C)C)cc5)cccc43)[CH]3CCCC[CH]32)cc1.[Cl-].[Cl-]. The van der Waals surface area contributed by atoms with Gasteiger partial charge in [0.05, 0.1) is 0 Å². The summed E-state index contributed by atoms with van der Waals surface area (Å²) < 4.78 is 3.15. The van der Waals surface area contributed by atoms with Crippen LogP contribution >= 0.6 is 0 Å². The van der Waals surface area contributed by atoms with Gasteiger partial charge in [0, 0.05) is 0 Å². The Balaban J connectivity index is 0.00000240. The van der Waals surface area contributed by atoms with Crippen molar-refractivity contribution in [2.75, 3.05) is 0 Å². The van der Waals surface area contributed by atoms with E-state index in [1.54, 1.807) is 22.3 Å². The molecule has 0 spiro atoms. The van der Waals surface area contributed by atoms with Crippen LogP contribution in [0, 0.1) is 10.8 Å². The van der Waals surface area contributed by atoms with Gasteiger partial charge in [-0.25, -0.2) is 0 Å². The summed E-state index contributed by atoms with van der Waals surface area (Å²) in [5, 5.41) is 0. The van der Waals surface area contributed by atoms with E-state index >= 15 is 0 Å². The van der Waals surface area contributed by atoms with E-state index in [0.29, 0.717) is 19.1 Å². The summed E-state index contributed by atoms with van der Waals surface area (Å²) in [6.45, 7) is 24.3. The van der Waals surface area contributed by atoms with Gasteiger partial charge >= 0.3 is 316 Å². The molecule has 4 aromatic carbocycles. The Hall–Kier alpha value is -2.18. The fraction of sp³-hybridized carbons (Fsp3) is 0.440. The third-order valence-corrected chi connectivity index (χ3v) is 30.3. The molecule has 1 aliphatic heterocycles. The maximum absolute atomic E-state index is 3.21. The fourth-order valence-corrected chi connectivity index (χ4v) is 35.1. The summed E-state index contributed by atoms with van der Waals surface area (Å²) >= 11 is -3.21. The number of hydrogen-bond donors (Lipinski definition) is 0. The molecule has 1 heterocycles. The van der Waals surface area contributed by atoms with Crippen molar-refractivity contribution in [2.45, 2.75) is 121 Å². The Labute approximate surface area is 338 Å². The summed E-state index contributed by atoms with van der Waals surface area (Å²) in [4.78, 5) is 0. The smallest absolute Gasteiger partial charge is 1.00 e. The Bertz CT molecular complexity index is 1880. The van der Waals surface area contributed by atoms with Gasteiger partial charge in [0.2, 0.25) is 0 Å². The van der Waals surface area contributed by atoms with Gasteiger partial charge < -0.3 is 24.8 Å². The van der Waals surface area contributed by atoms with Crippen molar-refractivity contribution in [2.24, 2.45) is 10.8 Å². The minimum atomic E-state index is -3.21. The predicted octanol–water partition coefficient (Wildman–Crippen LogP) is 9.26. The number of benzene rings is 4. The number of halogens is 2. The molecule has 1 saturated carbocycles. The Kier molecular flexibility index (Phi) is 11.2. The fourth-order valence-electron chi connectivity index (χ4n) is 11.0. The van der Waals surface area contributed by atoms with Crippen LogP contribution in [0.1, 0.15) is 147 Å². The largest absolute Gasteiger partial charge is 1.00 e. The van der Waals surface area contributed by atoms with E-state index < -0.39 is 20.3 Å². The Morgan fingerprint density at radius 2 is 0.868 bits per heavy atom. The summed E-state index contributed by atoms with van der Waals surface area (Å²) in [7, 11) is 0. The van der Waals surface area contributed by atoms with E-state index in [2.05, 4.69) is 166 Å². The van der Waals surface area contributed by atoms with Gasteiger partial charge in [-0.3, -0.25) is 0 Å². The topological polar surface area (TPSA) is 0 Å². The van der Waals surface area contributed by atoms with Gasteiger partial charge in [-0.2, -0.15) is 0 Å². The van der Waals surface area contributed by atoms with Crippen molar-refractivity contribution in [3.05, 3.63) is 129 Å². The molecule has 2 fully saturated rings. The van der Waals surface area contributed by atoms with Crippen LogP contribution in [0.15, 0.2) is 96.1 Å². The van der Waals surface area contributed by atoms with Crippen LogP contribution in [0.5, 0.6) is 0 Å². The Morgan fingerprint density at radius 3 is 1.19 bits per heavy atom. The first kappa shape index (κ1) is 40.5. The van der Waals surface area contributed by atoms with Gasteiger partial charge in [-0.1, -0.05) is 0 Å². The van der Waals surface area contributed by atoms with Crippen LogP contribution in [0.2, 0.25) is 7.25 Å². The van der Waals surface area contributed by atoms with E-state index in [9.17, 15) is 0 Å². The average molecular weight is 823 g/mol. The van der Waals surface area contributed by atoms with Crippen LogP contribution in [-0.2, 0) is 20.3 Å². The van der Waals surface area contributed by atoms with Gasteiger partial charge in [-0.05, 0) is 0 Å². The second-order valence-corrected chi connectivity index (χ2v) is 30.6. The number of rotatable bonds is 6. The van der Waals surface area contributed by atoms with Crippen molar-refractivity contribution < 1.29 is 45.1 Å². The maximum atomic E-state index is 2.72. The van der Waals surface area contributed by atoms with Crippen LogP contribution in [0.4, 0.5) is 0 Å². The molecule has 4 atom stereocenters. The minimum Gasteiger partial charge on any atom is -1.00 e. The van der Waals surface area contributed by atoms with E-state index in [1.165, 1.54) is 70.2 Å². The summed E-state index contributed by atoms with van der Waals surface area (Å²) in [6, 6.07) is 33.8. The van der Waals surface area contributed by atoms with Crippen molar-refractivity contribution in [1.29, 1.82) is 0 Å². The number of fused-ring (bicyclic) bond motifs is 3. The normalized spacial score (nSPS) is 23.2. The zero-order chi connectivity index (χ0) is 36.0. The molecule has 4 unspecified atom stereocenters. The van der Waals surface area contributed by atoms with Crippen LogP contribution < -0.4 is 24.8 Å². The van der Waals surface area contributed by atoms with Crippen LogP contribution in [0.3, 0.4) is 0 Å². The average Bonchev–Trinajstić information content (AvgIpc) is 3.36. The molecule has 1 saturated heterocycles. The molecule has 4 aromatic rings. The zero-order valence-corrected chi connectivity index (χ0v) is 37.8. The molecule has 8 rings (SSSR count). The van der Waals surface area contributed by atoms with Crippen molar-refractivity contribution in [3.63, 3.8) is 0 Å². The second kappa shape index (κ2) is 14.7. The number of hydrogen-bond acceptors (Lipinski definition) is 0. The third kappa shape index (κ3) is 6.66. The van der Waals surface area contributed by atoms with E-state index in [4.69, 9.17) is 0 Å². The van der Waals surface area contributed by atoms with Gasteiger partial charge in [-0.15, -0.1) is 0 Å². The Morgan fingerprint density at radius 1 is 0.509 bits per heavy atom. The van der Waals surface area contributed by atoms with E-state index in [0.717, 1.165) is 7.25 Å². The monoisotopic (exact) mass is 820 g/mol. The zero-order valence-electron chi connectivity index (χ0n) is 33.8. The molecule has 278 valence electrons. The number of allylic oxidation sites excluding steroid dienone is 2. The first-order valence-electron chi connectivity index (χ1n) is 20.1. The molecule has 0 nitrogen and oxygen atoms in total. The molecule has 0 bridgehead atoms. The standard InChI is InChI=1S/2C22H25.C6H10.2ClH.Zr/c2*1-15(2)16-9-11-17(12-10-16)20-8-6-7-18-13-19(14-21(18)20)22(3,4)5;1-2-4-6-5-3-1;;;/h2*6-15H,1-5H3;1-2H,3-6H2;2*1H;/q;;;;;+2/p-2. The molecular weight excluding hydrogens is 763 g/mol.